The van der Waals surface area contributed by atoms with E-state index in [4.69, 9.17) is 16.3 Å². The van der Waals surface area contributed by atoms with Gasteiger partial charge in [0.15, 0.2) is 11.6 Å². The second-order valence-corrected chi connectivity index (χ2v) is 7.39. The summed E-state index contributed by atoms with van der Waals surface area (Å²) in [6.07, 6.45) is -9.61. The van der Waals surface area contributed by atoms with Crippen LogP contribution in [0.15, 0.2) is 36.4 Å². The molecule has 1 fully saturated rings. The largest absolute Gasteiger partial charge is 0.435 e. The maximum Gasteiger partial charge on any atom is 0.426 e. The molecule has 1 amide bonds. The van der Waals surface area contributed by atoms with Gasteiger partial charge in [0.2, 0.25) is 6.10 Å². The number of nitrogens with zero attached hydrogens (tertiary/aromatic N) is 1. The molecule has 0 radical (unpaired) electrons. The zero-order chi connectivity index (χ0) is 23.5. The van der Waals surface area contributed by atoms with E-state index in [-0.39, 0.29) is 48.4 Å². The number of hydrogen-bond acceptors (Lipinski definition) is 4. The summed E-state index contributed by atoms with van der Waals surface area (Å²) in [6, 6.07) is 6.26. The fourth-order valence-corrected chi connectivity index (χ4v) is 3.19. The van der Waals surface area contributed by atoms with E-state index in [0.29, 0.717) is 0 Å². The molecule has 1 aliphatic rings. The molecular formula is C20H18Cl2F6N2O3. The maximum absolute atomic E-state index is 13.5. The maximum atomic E-state index is 13.5. The van der Waals surface area contributed by atoms with Crippen molar-refractivity contribution in [3.05, 3.63) is 64.4 Å². The van der Waals surface area contributed by atoms with E-state index in [1.807, 2.05) is 5.32 Å². The first kappa shape index (κ1) is 27.0. The highest BCUT2D eigenvalue weighted by atomic mass is 35.5. The van der Waals surface area contributed by atoms with Crippen molar-refractivity contribution < 1.29 is 40.6 Å². The molecule has 1 heterocycles. The summed E-state index contributed by atoms with van der Waals surface area (Å²) in [4.78, 5) is 13.3. The number of alkyl halides is 3. The summed E-state index contributed by atoms with van der Waals surface area (Å²) in [5.41, 5.74) is 0.128. The quantitative estimate of drug-likeness (QED) is 0.513. The predicted molar refractivity (Wildman–Crippen MR) is 110 cm³/mol. The lowest BCUT2D eigenvalue weighted by Crippen LogP contribution is -2.48. The molecule has 5 nitrogen and oxygen atoms in total. The van der Waals surface area contributed by atoms with Crippen molar-refractivity contribution in [3.8, 4) is 0 Å². The van der Waals surface area contributed by atoms with Crippen LogP contribution in [0.2, 0.25) is 5.02 Å². The van der Waals surface area contributed by atoms with Gasteiger partial charge in [-0.3, -0.25) is 10.2 Å². The van der Waals surface area contributed by atoms with E-state index < -0.39 is 48.5 Å². The standard InChI is InChI=1S/C20H17ClF6N2O3.ClH/c21-13-3-2-12(8-15(13)23)28-19(30)32-18(20(25,26)27)10-29-5-6-31-17(9-29)11-1-4-14(22)16(24)7-11;/h1-4,7-8,17-18H,5-6,9-10H2,(H,28,30);1H/t17-,18+;/m1./s1. The first-order valence-corrected chi connectivity index (χ1v) is 9.69. The minimum atomic E-state index is -4.89. The lowest BCUT2D eigenvalue weighted by Gasteiger charge is -2.35. The van der Waals surface area contributed by atoms with Crippen molar-refractivity contribution >= 4 is 35.8 Å². The fraction of sp³-hybridized carbons (Fsp3) is 0.350. The van der Waals surface area contributed by atoms with Gasteiger partial charge in [-0.25, -0.2) is 18.0 Å². The van der Waals surface area contributed by atoms with Crippen LogP contribution < -0.4 is 5.32 Å². The molecule has 13 heteroatoms. The van der Waals surface area contributed by atoms with E-state index in [0.717, 1.165) is 24.3 Å². The molecule has 2 atom stereocenters. The van der Waals surface area contributed by atoms with E-state index in [1.165, 1.54) is 17.0 Å². The van der Waals surface area contributed by atoms with Crippen molar-refractivity contribution in [1.82, 2.24) is 4.90 Å². The Bertz CT molecular complexity index is 979. The number of morpholine rings is 1. The van der Waals surface area contributed by atoms with Gasteiger partial charge in [0, 0.05) is 25.3 Å². The molecule has 0 spiro atoms. The molecule has 2 aromatic rings. The zero-order valence-electron chi connectivity index (χ0n) is 16.7. The predicted octanol–water partition coefficient (Wildman–Crippen LogP) is 5.73. The molecule has 182 valence electrons. The fourth-order valence-electron chi connectivity index (χ4n) is 3.08. The number of ether oxygens (including phenoxy) is 2. The smallest absolute Gasteiger partial charge is 0.426 e. The summed E-state index contributed by atoms with van der Waals surface area (Å²) < 4.78 is 90.5. The number of hydrogen-bond donors (Lipinski definition) is 1. The molecule has 0 bridgehead atoms. The molecule has 0 saturated carbocycles. The van der Waals surface area contributed by atoms with E-state index in [1.54, 1.807) is 0 Å². The Morgan fingerprint density at radius 1 is 1.15 bits per heavy atom. The molecule has 0 aliphatic carbocycles. The van der Waals surface area contributed by atoms with E-state index in [2.05, 4.69) is 4.74 Å². The van der Waals surface area contributed by atoms with Gasteiger partial charge < -0.3 is 9.47 Å². The Labute approximate surface area is 196 Å². The number of halogens is 8. The van der Waals surface area contributed by atoms with Crippen LogP contribution in [0.1, 0.15) is 11.7 Å². The minimum absolute atomic E-state index is 0. The second kappa shape index (κ2) is 11.3. The first-order valence-electron chi connectivity index (χ1n) is 9.31. The van der Waals surface area contributed by atoms with Crippen molar-refractivity contribution in [2.45, 2.75) is 18.4 Å². The summed E-state index contributed by atoms with van der Waals surface area (Å²) in [7, 11) is 0. The first-order chi connectivity index (χ1) is 15.0. The van der Waals surface area contributed by atoms with Gasteiger partial charge in [-0.2, -0.15) is 13.2 Å². The van der Waals surface area contributed by atoms with Crippen molar-refractivity contribution in [2.75, 3.05) is 31.6 Å². The van der Waals surface area contributed by atoms with Crippen molar-refractivity contribution in [2.24, 2.45) is 0 Å². The molecule has 1 N–H and O–H groups in total. The Morgan fingerprint density at radius 3 is 2.52 bits per heavy atom. The second-order valence-electron chi connectivity index (χ2n) is 6.98. The third kappa shape index (κ3) is 7.39. The van der Waals surface area contributed by atoms with E-state index >= 15 is 0 Å². The topological polar surface area (TPSA) is 50.8 Å². The highest BCUT2D eigenvalue weighted by Gasteiger charge is 2.44. The van der Waals surface area contributed by atoms with Crippen LogP contribution in [0.5, 0.6) is 0 Å². The Hall–Kier alpha value is -2.21. The molecule has 2 aromatic carbocycles. The van der Waals surface area contributed by atoms with Gasteiger partial charge in [-0.1, -0.05) is 17.7 Å². The summed E-state index contributed by atoms with van der Waals surface area (Å²) in [5, 5.41) is 1.79. The molecule has 0 unspecified atom stereocenters. The number of carbonyl (C=O) groups excluding carboxylic acids is 1. The number of nitrogens with one attached hydrogen (secondary N) is 1. The number of rotatable bonds is 5. The lowest BCUT2D eigenvalue weighted by atomic mass is 10.1. The van der Waals surface area contributed by atoms with Gasteiger partial charge in [-0.15, -0.1) is 12.4 Å². The Balaban J connectivity index is 0.00000385. The van der Waals surface area contributed by atoms with Gasteiger partial charge in [0.25, 0.3) is 0 Å². The highest BCUT2D eigenvalue weighted by Crippen LogP contribution is 2.28. The van der Waals surface area contributed by atoms with Crippen LogP contribution >= 0.6 is 24.0 Å². The van der Waals surface area contributed by atoms with Crippen LogP contribution in [0.25, 0.3) is 0 Å². The Morgan fingerprint density at radius 2 is 1.88 bits per heavy atom. The summed E-state index contributed by atoms with van der Waals surface area (Å²) in [5.74, 6) is -3.03. The van der Waals surface area contributed by atoms with Crippen molar-refractivity contribution in [3.63, 3.8) is 0 Å². The molecule has 1 aliphatic heterocycles. The van der Waals surface area contributed by atoms with E-state index in [9.17, 15) is 31.1 Å². The third-order valence-corrected chi connectivity index (χ3v) is 4.98. The molecule has 1 saturated heterocycles. The number of benzene rings is 2. The van der Waals surface area contributed by atoms with Gasteiger partial charge in [0.1, 0.15) is 5.82 Å². The number of anilines is 1. The lowest BCUT2D eigenvalue weighted by molar-refractivity contribution is -0.209. The number of amides is 1. The average Bonchev–Trinajstić information content (AvgIpc) is 2.72. The Kier molecular flexibility index (Phi) is 9.24. The number of carbonyl (C=O) groups is 1. The van der Waals surface area contributed by atoms with Crippen LogP contribution in [-0.2, 0) is 9.47 Å². The monoisotopic (exact) mass is 518 g/mol. The molecule has 0 aromatic heterocycles. The average molecular weight is 519 g/mol. The third-order valence-electron chi connectivity index (χ3n) is 4.67. The zero-order valence-corrected chi connectivity index (χ0v) is 18.2. The summed E-state index contributed by atoms with van der Waals surface area (Å²) in [6.45, 7) is -0.648. The summed E-state index contributed by atoms with van der Waals surface area (Å²) >= 11 is 5.52. The normalized spacial score (nSPS) is 17.7. The van der Waals surface area contributed by atoms with Crippen LogP contribution in [0.3, 0.4) is 0 Å². The molecule has 33 heavy (non-hydrogen) atoms. The molecule has 3 rings (SSSR count). The molecular weight excluding hydrogens is 501 g/mol. The van der Waals surface area contributed by atoms with Crippen LogP contribution in [0, 0.1) is 17.5 Å². The van der Waals surface area contributed by atoms with Crippen LogP contribution in [-0.4, -0.2) is 49.5 Å². The SMILES string of the molecule is Cl.O=C(Nc1ccc(Cl)c(F)c1)O[C@@H](CN1CCO[C@@H](c2ccc(F)c(F)c2)C1)C(F)(F)F. The van der Waals surface area contributed by atoms with Gasteiger partial charge >= 0.3 is 12.3 Å². The van der Waals surface area contributed by atoms with Crippen LogP contribution in [0.4, 0.5) is 36.8 Å². The van der Waals surface area contributed by atoms with Gasteiger partial charge in [-0.05, 0) is 35.9 Å². The highest BCUT2D eigenvalue weighted by molar-refractivity contribution is 6.30. The minimum Gasteiger partial charge on any atom is -0.435 e. The van der Waals surface area contributed by atoms with Gasteiger partial charge in [0.05, 0.1) is 17.7 Å². The van der Waals surface area contributed by atoms with Crippen molar-refractivity contribution in [1.29, 1.82) is 0 Å².